The van der Waals surface area contributed by atoms with Crippen LogP contribution in [0, 0.1) is 16.7 Å². The largest absolute Gasteiger partial charge is 0.457 e. The molecule has 146 valence electrons. The predicted molar refractivity (Wildman–Crippen MR) is 78.8 cm³/mol. The van der Waals surface area contributed by atoms with Crippen molar-refractivity contribution in [1.82, 2.24) is 0 Å². The number of esters is 1. The summed E-state index contributed by atoms with van der Waals surface area (Å²) in [7, 11) is 0. The summed E-state index contributed by atoms with van der Waals surface area (Å²) in [6.45, 7) is 6.41. The monoisotopic (exact) mass is 384 g/mol. The lowest BCUT2D eigenvalue weighted by Gasteiger charge is -2.26. The first-order valence-corrected chi connectivity index (χ1v) is 7.82. The number of halogens is 6. The van der Waals surface area contributed by atoms with Crippen LogP contribution in [0.4, 0.5) is 26.3 Å². The fourth-order valence-electron chi connectivity index (χ4n) is 4.07. The van der Waals surface area contributed by atoms with Gasteiger partial charge in [-0.2, -0.15) is 26.3 Å². The summed E-state index contributed by atoms with van der Waals surface area (Å²) >= 11 is 0. The van der Waals surface area contributed by atoms with Crippen LogP contribution in [0.3, 0.4) is 0 Å². The van der Waals surface area contributed by atoms with E-state index in [2.05, 4.69) is 6.58 Å². The van der Waals surface area contributed by atoms with Gasteiger partial charge < -0.3 is 4.74 Å². The first-order valence-electron chi connectivity index (χ1n) is 7.82. The van der Waals surface area contributed by atoms with Crippen LogP contribution in [0.5, 0.6) is 0 Å². The Hall–Kier alpha value is -1.80. The van der Waals surface area contributed by atoms with E-state index in [1.807, 2.05) is 0 Å². The average molecular weight is 384 g/mol. The molecule has 0 spiro atoms. The number of alkyl halides is 6. The number of ketones is 1. The first-order chi connectivity index (χ1) is 11.6. The molecule has 9 heteroatoms. The minimum Gasteiger partial charge on any atom is -0.457 e. The van der Waals surface area contributed by atoms with E-state index in [0.717, 1.165) is 13.8 Å². The Labute approximate surface area is 146 Å². The summed E-state index contributed by atoms with van der Waals surface area (Å²) in [6.07, 6.45) is -11.2. The molecular formula is C17H18F6O3. The molecule has 0 aromatic rings. The molecule has 0 radical (unpaired) electrons. The molecule has 2 aliphatic rings. The van der Waals surface area contributed by atoms with Gasteiger partial charge in [-0.15, -0.1) is 6.58 Å². The minimum atomic E-state index is -5.66. The molecule has 0 amide bonds. The number of carbonyl (C=O) groups excluding carboxylic acids is 2. The molecule has 0 heterocycles. The number of hydrogen-bond acceptors (Lipinski definition) is 3. The van der Waals surface area contributed by atoms with E-state index in [9.17, 15) is 35.9 Å². The molecule has 1 saturated carbocycles. The van der Waals surface area contributed by atoms with Crippen LogP contribution in [0.2, 0.25) is 0 Å². The van der Waals surface area contributed by atoms with Gasteiger partial charge in [0.05, 0.1) is 12.3 Å². The fourth-order valence-corrected chi connectivity index (χ4v) is 4.07. The summed E-state index contributed by atoms with van der Waals surface area (Å²) in [5.41, 5.74) is -5.92. The van der Waals surface area contributed by atoms with Crippen LogP contribution >= 0.6 is 0 Å². The highest BCUT2D eigenvalue weighted by molar-refractivity contribution is 6.00. The second-order valence-corrected chi connectivity index (χ2v) is 7.17. The molecular weight excluding hydrogens is 366 g/mol. The second-order valence-electron chi connectivity index (χ2n) is 7.17. The number of ether oxygens (including phenoxy) is 1. The summed E-state index contributed by atoms with van der Waals surface area (Å²) in [4.78, 5) is 24.1. The zero-order valence-corrected chi connectivity index (χ0v) is 14.3. The topological polar surface area (TPSA) is 43.4 Å². The van der Waals surface area contributed by atoms with Crippen LogP contribution in [0.25, 0.3) is 0 Å². The third-order valence-corrected chi connectivity index (χ3v) is 5.49. The van der Waals surface area contributed by atoms with Gasteiger partial charge >= 0.3 is 18.3 Å². The number of Topliss-reactive ketones (excluding diaryl/α,β-unsaturated/α-hetero) is 1. The second kappa shape index (κ2) is 5.85. The SMILES string of the molecule is C=CCC1=C(C)C(OC(=O)C2C(C)(C)C2(C(F)(F)F)C(F)(F)F)CC1=O. The van der Waals surface area contributed by atoms with E-state index < -0.39 is 41.2 Å². The molecule has 0 bridgehead atoms. The Bertz CT molecular complexity index is 670. The standard InChI is InChI=1S/C17H18F6O3/c1-5-6-9-8(2)11(7-10(9)24)26-13(25)12-14(3,4)15(12,16(18,19)20)17(21,22)23/h5,11-12H,1,6-7H2,2-4H3. The van der Waals surface area contributed by atoms with Crippen LogP contribution in [-0.2, 0) is 14.3 Å². The van der Waals surface area contributed by atoms with E-state index in [1.54, 1.807) is 0 Å². The van der Waals surface area contributed by atoms with Crippen molar-refractivity contribution in [2.75, 3.05) is 0 Å². The molecule has 2 atom stereocenters. The maximum absolute atomic E-state index is 13.3. The highest BCUT2D eigenvalue weighted by atomic mass is 19.4. The van der Waals surface area contributed by atoms with Crippen LogP contribution in [0.1, 0.15) is 33.6 Å². The molecule has 1 fully saturated rings. The predicted octanol–water partition coefficient (Wildman–Crippen LogP) is 4.53. The van der Waals surface area contributed by atoms with Crippen molar-refractivity contribution in [1.29, 1.82) is 0 Å². The number of hydrogen-bond donors (Lipinski definition) is 0. The van der Waals surface area contributed by atoms with Gasteiger partial charge in [0, 0.05) is 11.0 Å². The number of allylic oxidation sites excluding steroid dienone is 2. The van der Waals surface area contributed by atoms with E-state index in [0.29, 0.717) is 11.1 Å². The molecule has 0 N–H and O–H groups in total. The molecule has 0 aromatic heterocycles. The van der Waals surface area contributed by atoms with Gasteiger partial charge in [0.2, 0.25) is 0 Å². The lowest BCUT2D eigenvalue weighted by molar-refractivity contribution is -0.315. The van der Waals surface area contributed by atoms with Gasteiger partial charge in [0.25, 0.3) is 0 Å². The van der Waals surface area contributed by atoms with Crippen molar-refractivity contribution in [2.24, 2.45) is 16.7 Å². The van der Waals surface area contributed by atoms with E-state index in [1.165, 1.54) is 13.0 Å². The molecule has 0 saturated heterocycles. The van der Waals surface area contributed by atoms with E-state index in [4.69, 9.17) is 4.74 Å². The molecule has 0 aromatic carbocycles. The fraction of sp³-hybridized carbons (Fsp3) is 0.647. The average Bonchev–Trinajstić information content (AvgIpc) is 2.91. The summed E-state index contributed by atoms with van der Waals surface area (Å²) < 4.78 is 84.8. The summed E-state index contributed by atoms with van der Waals surface area (Å²) in [5.74, 6) is -4.38. The van der Waals surface area contributed by atoms with Gasteiger partial charge in [0.1, 0.15) is 6.10 Å². The third kappa shape index (κ3) is 2.58. The van der Waals surface area contributed by atoms with Crippen molar-refractivity contribution < 1.29 is 40.7 Å². The normalized spacial score (nSPS) is 27.5. The Morgan fingerprint density at radius 1 is 1.23 bits per heavy atom. The maximum Gasteiger partial charge on any atom is 0.404 e. The zero-order chi connectivity index (χ0) is 20.3. The number of rotatable bonds is 4. The molecule has 3 nitrogen and oxygen atoms in total. The van der Waals surface area contributed by atoms with E-state index in [-0.39, 0.29) is 18.6 Å². The van der Waals surface area contributed by atoms with Crippen molar-refractivity contribution in [3.8, 4) is 0 Å². The lowest BCUT2D eigenvalue weighted by atomic mass is 9.94. The van der Waals surface area contributed by atoms with Gasteiger partial charge in [-0.3, -0.25) is 9.59 Å². The third-order valence-electron chi connectivity index (χ3n) is 5.49. The van der Waals surface area contributed by atoms with Crippen LogP contribution in [0.15, 0.2) is 23.8 Å². The summed E-state index contributed by atoms with van der Waals surface area (Å²) in [6, 6.07) is 0. The molecule has 2 rings (SSSR count). The van der Waals surface area contributed by atoms with Crippen molar-refractivity contribution in [3.05, 3.63) is 23.8 Å². The Balaban J connectivity index is 2.31. The van der Waals surface area contributed by atoms with Crippen molar-refractivity contribution in [2.45, 2.75) is 52.1 Å². The maximum atomic E-state index is 13.3. The van der Waals surface area contributed by atoms with Crippen LogP contribution in [-0.4, -0.2) is 30.2 Å². The highest BCUT2D eigenvalue weighted by Gasteiger charge is 2.95. The van der Waals surface area contributed by atoms with Crippen molar-refractivity contribution >= 4 is 11.8 Å². The molecule has 2 aliphatic carbocycles. The quantitative estimate of drug-likeness (QED) is 0.406. The lowest BCUT2D eigenvalue weighted by Crippen LogP contribution is -2.44. The zero-order valence-electron chi connectivity index (χ0n) is 14.3. The van der Waals surface area contributed by atoms with Crippen molar-refractivity contribution in [3.63, 3.8) is 0 Å². The minimum absolute atomic E-state index is 0.183. The Kier molecular flexibility index (Phi) is 4.62. The first kappa shape index (κ1) is 20.5. The van der Waals surface area contributed by atoms with Gasteiger partial charge in [0.15, 0.2) is 11.2 Å². The summed E-state index contributed by atoms with van der Waals surface area (Å²) in [5, 5.41) is 0. The molecule has 0 aliphatic heterocycles. The molecule has 2 unspecified atom stereocenters. The van der Waals surface area contributed by atoms with Crippen LogP contribution < -0.4 is 0 Å². The van der Waals surface area contributed by atoms with Gasteiger partial charge in [-0.05, 0) is 18.9 Å². The highest BCUT2D eigenvalue weighted by Crippen LogP contribution is 2.81. The van der Waals surface area contributed by atoms with Gasteiger partial charge in [-0.25, -0.2) is 0 Å². The Morgan fingerprint density at radius 3 is 2.12 bits per heavy atom. The number of carbonyl (C=O) groups is 2. The van der Waals surface area contributed by atoms with Gasteiger partial charge in [-0.1, -0.05) is 19.9 Å². The van der Waals surface area contributed by atoms with E-state index >= 15 is 0 Å². The molecule has 26 heavy (non-hydrogen) atoms. The Morgan fingerprint density at radius 2 is 1.73 bits per heavy atom. The smallest absolute Gasteiger partial charge is 0.404 e.